The minimum atomic E-state index is -0.613. The highest BCUT2D eigenvalue weighted by Crippen LogP contribution is 2.28. The lowest BCUT2D eigenvalue weighted by Gasteiger charge is -2.30. The summed E-state index contributed by atoms with van der Waals surface area (Å²) in [5.41, 5.74) is 1.55. The van der Waals surface area contributed by atoms with Gasteiger partial charge in [0.1, 0.15) is 5.82 Å². The SMILES string of the molecule is CC(O)CN1C(=O)CCc2ccc(F)cc21. The van der Waals surface area contributed by atoms with Crippen LogP contribution in [0.15, 0.2) is 18.2 Å². The summed E-state index contributed by atoms with van der Waals surface area (Å²) >= 11 is 0. The Kier molecular flexibility index (Phi) is 2.92. The molecule has 0 saturated heterocycles. The molecule has 2 rings (SSSR count). The molecule has 1 aliphatic rings. The zero-order chi connectivity index (χ0) is 11.7. The average Bonchev–Trinajstić information content (AvgIpc) is 2.22. The van der Waals surface area contributed by atoms with Crippen molar-refractivity contribution in [2.24, 2.45) is 0 Å². The fourth-order valence-electron chi connectivity index (χ4n) is 1.97. The van der Waals surface area contributed by atoms with Gasteiger partial charge >= 0.3 is 0 Å². The highest BCUT2D eigenvalue weighted by Gasteiger charge is 2.25. The Labute approximate surface area is 93.5 Å². The van der Waals surface area contributed by atoms with Crippen molar-refractivity contribution in [1.29, 1.82) is 0 Å². The molecule has 1 atom stereocenters. The molecule has 3 nitrogen and oxygen atoms in total. The lowest BCUT2D eigenvalue weighted by atomic mass is 10.0. The van der Waals surface area contributed by atoms with Crippen LogP contribution in [0.5, 0.6) is 0 Å². The van der Waals surface area contributed by atoms with Gasteiger partial charge in [0.15, 0.2) is 0 Å². The molecule has 0 aliphatic carbocycles. The smallest absolute Gasteiger partial charge is 0.227 e. The third-order valence-corrected chi connectivity index (χ3v) is 2.69. The molecule has 0 aromatic heterocycles. The van der Waals surface area contributed by atoms with Gasteiger partial charge in [-0.2, -0.15) is 0 Å². The van der Waals surface area contributed by atoms with Crippen molar-refractivity contribution in [2.75, 3.05) is 11.4 Å². The number of aryl methyl sites for hydroxylation is 1. The molecule has 1 aromatic rings. The van der Waals surface area contributed by atoms with Gasteiger partial charge in [0, 0.05) is 12.1 Å². The van der Waals surface area contributed by atoms with Crippen molar-refractivity contribution in [1.82, 2.24) is 0 Å². The monoisotopic (exact) mass is 223 g/mol. The van der Waals surface area contributed by atoms with Gasteiger partial charge in [-0.1, -0.05) is 6.07 Å². The molecule has 1 unspecified atom stereocenters. The summed E-state index contributed by atoms with van der Waals surface area (Å²) < 4.78 is 13.1. The minimum absolute atomic E-state index is 0.0565. The molecule has 0 spiro atoms. The van der Waals surface area contributed by atoms with Gasteiger partial charge in [-0.15, -0.1) is 0 Å². The molecule has 0 bridgehead atoms. The normalized spacial score (nSPS) is 17.2. The van der Waals surface area contributed by atoms with E-state index >= 15 is 0 Å². The second-order valence-corrected chi connectivity index (χ2v) is 4.13. The number of aliphatic hydroxyl groups is 1. The van der Waals surface area contributed by atoms with Crippen molar-refractivity contribution in [2.45, 2.75) is 25.9 Å². The fourth-order valence-corrected chi connectivity index (χ4v) is 1.97. The van der Waals surface area contributed by atoms with E-state index in [9.17, 15) is 14.3 Å². The second-order valence-electron chi connectivity index (χ2n) is 4.13. The third-order valence-electron chi connectivity index (χ3n) is 2.69. The fraction of sp³-hybridized carbons (Fsp3) is 0.417. The molecule has 1 aliphatic heterocycles. The summed E-state index contributed by atoms with van der Waals surface area (Å²) in [7, 11) is 0. The highest BCUT2D eigenvalue weighted by atomic mass is 19.1. The van der Waals surface area contributed by atoms with Crippen LogP contribution < -0.4 is 4.90 Å². The number of carbonyl (C=O) groups excluding carboxylic acids is 1. The average molecular weight is 223 g/mol. The quantitative estimate of drug-likeness (QED) is 0.825. The third kappa shape index (κ3) is 2.07. The van der Waals surface area contributed by atoms with Crippen molar-refractivity contribution >= 4 is 11.6 Å². The number of anilines is 1. The largest absolute Gasteiger partial charge is 0.392 e. The molecule has 16 heavy (non-hydrogen) atoms. The Bertz CT molecular complexity index is 417. The van der Waals surface area contributed by atoms with E-state index in [4.69, 9.17) is 0 Å². The number of rotatable bonds is 2. The lowest BCUT2D eigenvalue weighted by Crippen LogP contribution is -2.39. The first kappa shape index (κ1) is 11.1. The van der Waals surface area contributed by atoms with Gasteiger partial charge in [0.05, 0.1) is 12.6 Å². The zero-order valence-corrected chi connectivity index (χ0v) is 9.11. The number of carbonyl (C=O) groups is 1. The Morgan fingerprint density at radius 3 is 2.94 bits per heavy atom. The summed E-state index contributed by atoms with van der Waals surface area (Å²) in [6, 6.07) is 4.45. The summed E-state index contributed by atoms with van der Waals surface area (Å²) in [6.45, 7) is 1.83. The Balaban J connectivity index is 2.38. The minimum Gasteiger partial charge on any atom is -0.392 e. The number of nitrogens with zero attached hydrogens (tertiary/aromatic N) is 1. The number of amides is 1. The second kappa shape index (κ2) is 4.22. The number of β-amino-alcohol motifs (C(OH)–C–C–N with tert-alkyl or cyclic N) is 1. The van der Waals surface area contributed by atoms with Crippen LogP contribution in [-0.2, 0) is 11.2 Å². The van der Waals surface area contributed by atoms with Gasteiger partial charge in [-0.3, -0.25) is 4.79 Å². The van der Waals surface area contributed by atoms with Crippen LogP contribution in [0.25, 0.3) is 0 Å². The summed E-state index contributed by atoms with van der Waals surface area (Å²) in [5.74, 6) is -0.414. The summed E-state index contributed by atoms with van der Waals surface area (Å²) in [4.78, 5) is 13.2. The highest BCUT2D eigenvalue weighted by molar-refractivity contribution is 5.96. The molecule has 1 aromatic carbocycles. The molecule has 1 N–H and O–H groups in total. The van der Waals surface area contributed by atoms with Crippen LogP contribution in [0.2, 0.25) is 0 Å². The number of halogens is 1. The van der Waals surface area contributed by atoms with Crippen LogP contribution >= 0.6 is 0 Å². The molecular formula is C12H14FNO2. The van der Waals surface area contributed by atoms with E-state index in [0.29, 0.717) is 18.5 Å². The van der Waals surface area contributed by atoms with E-state index < -0.39 is 6.10 Å². The van der Waals surface area contributed by atoms with Crippen LogP contribution in [0.1, 0.15) is 18.9 Å². The Morgan fingerprint density at radius 2 is 2.25 bits per heavy atom. The summed E-state index contributed by atoms with van der Waals surface area (Å²) in [6.07, 6.45) is 0.453. The van der Waals surface area contributed by atoms with Crippen molar-refractivity contribution in [3.05, 3.63) is 29.6 Å². The molecule has 4 heteroatoms. The molecule has 0 saturated carbocycles. The van der Waals surface area contributed by atoms with Gasteiger partial charge in [0.2, 0.25) is 5.91 Å². The molecule has 0 radical (unpaired) electrons. The Hall–Kier alpha value is -1.42. The number of benzene rings is 1. The van der Waals surface area contributed by atoms with Gasteiger partial charge in [0.25, 0.3) is 0 Å². The van der Waals surface area contributed by atoms with E-state index in [0.717, 1.165) is 5.56 Å². The maximum Gasteiger partial charge on any atom is 0.227 e. The van der Waals surface area contributed by atoms with Crippen LogP contribution in [-0.4, -0.2) is 23.7 Å². The van der Waals surface area contributed by atoms with E-state index in [1.165, 1.54) is 17.0 Å². The lowest BCUT2D eigenvalue weighted by molar-refractivity contribution is -0.119. The van der Waals surface area contributed by atoms with Gasteiger partial charge in [-0.05, 0) is 31.0 Å². The van der Waals surface area contributed by atoms with E-state index in [1.54, 1.807) is 13.0 Å². The summed E-state index contributed by atoms with van der Waals surface area (Å²) in [5, 5.41) is 9.33. The molecular weight excluding hydrogens is 209 g/mol. The van der Waals surface area contributed by atoms with E-state index in [-0.39, 0.29) is 18.3 Å². The predicted molar refractivity (Wildman–Crippen MR) is 58.8 cm³/mol. The van der Waals surface area contributed by atoms with Gasteiger partial charge < -0.3 is 10.0 Å². The first-order valence-electron chi connectivity index (χ1n) is 5.35. The van der Waals surface area contributed by atoms with Crippen LogP contribution in [0.4, 0.5) is 10.1 Å². The molecule has 86 valence electrons. The maximum absolute atomic E-state index is 13.1. The first-order chi connectivity index (χ1) is 7.58. The zero-order valence-electron chi connectivity index (χ0n) is 9.11. The van der Waals surface area contributed by atoms with E-state index in [1.807, 2.05) is 0 Å². The number of aliphatic hydroxyl groups excluding tert-OH is 1. The number of fused-ring (bicyclic) bond motifs is 1. The first-order valence-corrected chi connectivity index (χ1v) is 5.35. The molecule has 0 fully saturated rings. The number of hydrogen-bond acceptors (Lipinski definition) is 2. The van der Waals surface area contributed by atoms with Crippen LogP contribution in [0, 0.1) is 5.82 Å². The van der Waals surface area contributed by atoms with Crippen LogP contribution in [0.3, 0.4) is 0 Å². The van der Waals surface area contributed by atoms with Crippen molar-refractivity contribution in [3.8, 4) is 0 Å². The predicted octanol–water partition coefficient (Wildman–Crippen LogP) is 1.49. The standard InChI is InChI=1S/C12H14FNO2/c1-8(15)7-14-11-6-10(13)4-2-9(11)3-5-12(14)16/h2,4,6,8,15H,3,5,7H2,1H3. The maximum atomic E-state index is 13.1. The topological polar surface area (TPSA) is 40.5 Å². The molecule has 1 amide bonds. The number of hydrogen-bond donors (Lipinski definition) is 1. The van der Waals surface area contributed by atoms with Crippen molar-refractivity contribution < 1.29 is 14.3 Å². The van der Waals surface area contributed by atoms with Gasteiger partial charge in [-0.25, -0.2) is 4.39 Å². The van der Waals surface area contributed by atoms with Crippen molar-refractivity contribution in [3.63, 3.8) is 0 Å². The Morgan fingerprint density at radius 1 is 1.50 bits per heavy atom. The molecule has 1 heterocycles. The van der Waals surface area contributed by atoms with E-state index in [2.05, 4.69) is 0 Å².